The van der Waals surface area contributed by atoms with Crippen LogP contribution in [-0.2, 0) is 0 Å². The van der Waals surface area contributed by atoms with E-state index < -0.39 is 23.1 Å². The van der Waals surface area contributed by atoms with E-state index in [2.05, 4.69) is 0 Å². The Morgan fingerprint density at radius 1 is 1.24 bits per heavy atom. The van der Waals surface area contributed by atoms with Gasteiger partial charge in [-0.1, -0.05) is 6.07 Å². The maximum Gasteiger partial charge on any atom is 0.259 e. The van der Waals surface area contributed by atoms with E-state index in [1.807, 2.05) is 0 Å². The monoisotopic (exact) mass is 240 g/mol. The fraction of sp³-hybridized carbons (Fsp3) is 0.417. The number of halogens is 2. The first kappa shape index (κ1) is 12.0. The molecule has 1 amide bonds. The lowest BCUT2D eigenvalue weighted by atomic mass is 10.0. The van der Waals surface area contributed by atoms with Gasteiger partial charge in [0.1, 0.15) is 17.2 Å². The Morgan fingerprint density at radius 3 is 2.29 bits per heavy atom. The number of carbonyl (C=O) groups excluding carboxylic acids is 1. The van der Waals surface area contributed by atoms with E-state index in [1.165, 1.54) is 11.0 Å². The molecule has 1 aromatic rings. The zero-order chi connectivity index (χ0) is 12.4. The molecule has 0 aliphatic carbocycles. The van der Waals surface area contributed by atoms with Gasteiger partial charge in [0.05, 0.1) is 0 Å². The smallest absolute Gasteiger partial charge is 0.259 e. The number of amides is 1. The largest absolute Gasteiger partial charge is 0.338 e. The van der Waals surface area contributed by atoms with Gasteiger partial charge in [-0.25, -0.2) is 8.78 Å². The van der Waals surface area contributed by atoms with Crippen molar-refractivity contribution >= 4 is 5.91 Å². The topological polar surface area (TPSA) is 46.3 Å². The molecule has 5 heteroatoms. The maximum absolute atomic E-state index is 13.4. The predicted molar refractivity (Wildman–Crippen MR) is 59.5 cm³/mol. The molecule has 1 aliphatic heterocycles. The fourth-order valence-corrected chi connectivity index (χ4v) is 1.96. The number of hydrogen-bond donors (Lipinski definition) is 1. The number of rotatable bonds is 1. The third-order valence-electron chi connectivity index (χ3n) is 3.00. The van der Waals surface area contributed by atoms with Gasteiger partial charge in [0.2, 0.25) is 0 Å². The Morgan fingerprint density at radius 2 is 1.76 bits per heavy atom. The zero-order valence-electron chi connectivity index (χ0n) is 9.33. The first-order valence-electron chi connectivity index (χ1n) is 5.58. The first-order chi connectivity index (χ1) is 8.09. The molecule has 0 unspecified atom stereocenters. The molecule has 1 saturated heterocycles. The van der Waals surface area contributed by atoms with Crippen LogP contribution >= 0.6 is 0 Å². The average molecular weight is 240 g/mol. The normalized spacial score (nSPS) is 17.2. The quantitative estimate of drug-likeness (QED) is 0.809. The summed E-state index contributed by atoms with van der Waals surface area (Å²) in [6.45, 7) is 0.904. The molecule has 0 bridgehead atoms. The van der Waals surface area contributed by atoms with E-state index in [0.717, 1.165) is 12.1 Å². The van der Waals surface area contributed by atoms with Crippen LogP contribution in [0, 0.1) is 11.6 Å². The van der Waals surface area contributed by atoms with Crippen molar-refractivity contribution in [1.82, 2.24) is 4.90 Å². The van der Waals surface area contributed by atoms with E-state index >= 15 is 0 Å². The lowest BCUT2D eigenvalue weighted by molar-refractivity contribution is 0.0705. The lowest BCUT2D eigenvalue weighted by Crippen LogP contribution is -2.43. The molecule has 0 spiro atoms. The van der Waals surface area contributed by atoms with E-state index in [9.17, 15) is 13.6 Å². The van der Waals surface area contributed by atoms with E-state index in [0.29, 0.717) is 25.9 Å². The summed E-state index contributed by atoms with van der Waals surface area (Å²) in [5, 5.41) is 0. The SMILES string of the molecule is NC1CCN(C(=O)c2c(F)cccc2F)CC1. The number of carbonyl (C=O) groups is 1. The van der Waals surface area contributed by atoms with Crippen molar-refractivity contribution in [2.75, 3.05) is 13.1 Å². The van der Waals surface area contributed by atoms with E-state index in [1.54, 1.807) is 0 Å². The van der Waals surface area contributed by atoms with Crippen LogP contribution < -0.4 is 5.73 Å². The molecule has 1 aliphatic rings. The summed E-state index contributed by atoms with van der Waals surface area (Å²) >= 11 is 0. The number of benzene rings is 1. The highest BCUT2D eigenvalue weighted by Crippen LogP contribution is 2.17. The first-order valence-corrected chi connectivity index (χ1v) is 5.58. The lowest BCUT2D eigenvalue weighted by Gasteiger charge is -2.30. The summed E-state index contributed by atoms with van der Waals surface area (Å²) < 4.78 is 26.8. The molecule has 2 N–H and O–H groups in total. The molecule has 1 fully saturated rings. The van der Waals surface area contributed by atoms with Crippen LogP contribution in [0.15, 0.2) is 18.2 Å². The minimum atomic E-state index is -0.815. The number of nitrogens with two attached hydrogens (primary N) is 1. The van der Waals surface area contributed by atoms with Crippen molar-refractivity contribution in [3.63, 3.8) is 0 Å². The van der Waals surface area contributed by atoms with Crippen molar-refractivity contribution in [2.45, 2.75) is 18.9 Å². The molecule has 1 aromatic carbocycles. The van der Waals surface area contributed by atoms with Crippen molar-refractivity contribution in [3.8, 4) is 0 Å². The molecule has 3 nitrogen and oxygen atoms in total. The van der Waals surface area contributed by atoms with Gasteiger partial charge >= 0.3 is 0 Å². The van der Waals surface area contributed by atoms with Gasteiger partial charge < -0.3 is 10.6 Å². The number of hydrogen-bond acceptors (Lipinski definition) is 2. The summed E-state index contributed by atoms with van der Waals surface area (Å²) in [6, 6.07) is 3.50. The standard InChI is InChI=1S/C12H14F2N2O/c13-9-2-1-3-10(14)11(9)12(17)16-6-4-8(15)5-7-16/h1-3,8H,4-7,15H2. The minimum Gasteiger partial charge on any atom is -0.338 e. The highest BCUT2D eigenvalue weighted by molar-refractivity contribution is 5.94. The van der Waals surface area contributed by atoms with Crippen molar-refractivity contribution in [2.24, 2.45) is 5.73 Å². The summed E-state index contributed by atoms with van der Waals surface area (Å²) in [5.74, 6) is -2.22. The Labute approximate surface area is 98.2 Å². The molecule has 0 saturated carbocycles. The molecule has 2 rings (SSSR count). The molecule has 1 heterocycles. The summed E-state index contributed by atoms with van der Waals surface area (Å²) in [4.78, 5) is 13.4. The third kappa shape index (κ3) is 2.44. The van der Waals surface area contributed by atoms with Crippen LogP contribution in [0.3, 0.4) is 0 Å². The van der Waals surface area contributed by atoms with Gasteiger partial charge in [0.25, 0.3) is 5.91 Å². The fourth-order valence-electron chi connectivity index (χ4n) is 1.96. The minimum absolute atomic E-state index is 0.0736. The summed E-state index contributed by atoms with van der Waals surface area (Å²) in [5.41, 5.74) is 5.24. The van der Waals surface area contributed by atoms with Crippen LogP contribution in [0.1, 0.15) is 23.2 Å². The predicted octanol–water partition coefficient (Wildman–Crippen LogP) is 1.53. The van der Waals surface area contributed by atoms with Gasteiger partial charge in [-0.15, -0.1) is 0 Å². The van der Waals surface area contributed by atoms with Gasteiger partial charge in [-0.2, -0.15) is 0 Å². The molecule has 17 heavy (non-hydrogen) atoms. The third-order valence-corrected chi connectivity index (χ3v) is 3.00. The van der Waals surface area contributed by atoms with Crippen LogP contribution in [0.4, 0.5) is 8.78 Å². The Kier molecular flexibility index (Phi) is 3.38. The molecule has 0 aromatic heterocycles. The van der Waals surface area contributed by atoms with E-state index in [-0.39, 0.29) is 6.04 Å². The summed E-state index contributed by atoms with van der Waals surface area (Å²) in [7, 11) is 0. The molecule has 0 radical (unpaired) electrons. The van der Waals surface area contributed by atoms with Crippen LogP contribution in [-0.4, -0.2) is 29.9 Å². The molecule has 0 atom stereocenters. The second-order valence-electron chi connectivity index (χ2n) is 4.23. The average Bonchev–Trinajstić information content (AvgIpc) is 2.29. The Hall–Kier alpha value is -1.49. The number of nitrogens with zero attached hydrogens (tertiary/aromatic N) is 1. The van der Waals surface area contributed by atoms with E-state index in [4.69, 9.17) is 5.73 Å². The van der Waals surface area contributed by atoms with Gasteiger partial charge in [-0.05, 0) is 25.0 Å². The van der Waals surface area contributed by atoms with Gasteiger partial charge in [-0.3, -0.25) is 4.79 Å². The Bertz CT molecular complexity index is 408. The highest BCUT2D eigenvalue weighted by atomic mass is 19.1. The van der Waals surface area contributed by atoms with Crippen LogP contribution in [0.25, 0.3) is 0 Å². The number of piperidine rings is 1. The van der Waals surface area contributed by atoms with Gasteiger partial charge in [0, 0.05) is 19.1 Å². The second-order valence-corrected chi connectivity index (χ2v) is 4.23. The number of likely N-dealkylation sites (tertiary alicyclic amines) is 1. The van der Waals surface area contributed by atoms with Crippen molar-refractivity contribution < 1.29 is 13.6 Å². The zero-order valence-corrected chi connectivity index (χ0v) is 9.33. The molecule has 92 valence electrons. The summed E-state index contributed by atoms with van der Waals surface area (Å²) in [6.07, 6.45) is 1.34. The van der Waals surface area contributed by atoms with Crippen LogP contribution in [0.5, 0.6) is 0 Å². The van der Waals surface area contributed by atoms with Crippen molar-refractivity contribution in [3.05, 3.63) is 35.4 Å². The molecular weight excluding hydrogens is 226 g/mol. The van der Waals surface area contributed by atoms with Crippen molar-refractivity contribution in [1.29, 1.82) is 0 Å². The maximum atomic E-state index is 13.4. The van der Waals surface area contributed by atoms with Gasteiger partial charge in [0.15, 0.2) is 0 Å². The Balaban J connectivity index is 2.20. The second kappa shape index (κ2) is 4.79. The van der Waals surface area contributed by atoms with Crippen LogP contribution in [0.2, 0.25) is 0 Å². The highest BCUT2D eigenvalue weighted by Gasteiger charge is 2.25. The molecular formula is C12H14F2N2O.